The summed E-state index contributed by atoms with van der Waals surface area (Å²) in [6.45, 7) is 0.543. The Morgan fingerprint density at radius 3 is 1.21 bits per heavy atom. The van der Waals surface area contributed by atoms with Crippen LogP contribution in [0.15, 0.2) is 194 Å². The summed E-state index contributed by atoms with van der Waals surface area (Å²) in [4.78, 5) is 5.42. The molecule has 52 heavy (non-hydrogen) atoms. The van der Waals surface area contributed by atoms with Gasteiger partial charge in [-0.25, -0.2) is 4.98 Å². The van der Waals surface area contributed by atoms with E-state index in [1.54, 1.807) is 0 Å². The third-order valence-corrected chi connectivity index (χ3v) is 10.1. The van der Waals surface area contributed by atoms with E-state index >= 15 is 0 Å². The lowest BCUT2D eigenvalue weighted by atomic mass is 9.90. The minimum absolute atomic E-state index is 0.543. The van der Waals surface area contributed by atoms with Gasteiger partial charge in [-0.1, -0.05) is 182 Å². The van der Waals surface area contributed by atoms with Crippen LogP contribution in [0.4, 0.5) is 0 Å². The summed E-state index contributed by atoms with van der Waals surface area (Å²) in [6.07, 6.45) is 0. The van der Waals surface area contributed by atoms with E-state index in [9.17, 15) is 0 Å². The van der Waals surface area contributed by atoms with Crippen molar-refractivity contribution >= 4 is 21.7 Å². The second-order valence-corrected chi connectivity index (χ2v) is 13.3. The second kappa shape index (κ2) is 13.6. The molecule has 9 aromatic rings. The molecule has 0 atom stereocenters. The molecule has 0 bridgehead atoms. The van der Waals surface area contributed by atoms with Gasteiger partial charge in [0.15, 0.2) is 0 Å². The standard InChI is InChI=1S/C50H36N2/c51-33-34-15-17-37(18-16-34)40-23-29-43(30-24-40)49-32-47(42-27-21-39(22-28-42)36-11-5-2-6-12-36)48-31-46(44-13-7-8-14-45(44)50(48)52-49)41-25-19-38(20-26-41)35-9-3-1-4-10-35/h1-32H,33,51H2. The first-order valence-corrected chi connectivity index (χ1v) is 17.8. The number of pyridine rings is 1. The first kappa shape index (κ1) is 31.4. The lowest BCUT2D eigenvalue weighted by Gasteiger charge is -2.16. The van der Waals surface area contributed by atoms with Gasteiger partial charge in [0, 0.05) is 22.9 Å². The topological polar surface area (TPSA) is 38.9 Å². The number of nitrogens with zero attached hydrogens (tertiary/aromatic N) is 1. The van der Waals surface area contributed by atoms with Crippen LogP contribution >= 0.6 is 0 Å². The number of hydrogen-bond donors (Lipinski definition) is 1. The zero-order valence-electron chi connectivity index (χ0n) is 28.7. The Labute approximate surface area is 304 Å². The Hall–Kier alpha value is -6.61. The van der Waals surface area contributed by atoms with Crippen LogP contribution in [0.2, 0.25) is 0 Å². The molecule has 0 aliphatic heterocycles. The summed E-state index contributed by atoms with van der Waals surface area (Å²) < 4.78 is 0. The van der Waals surface area contributed by atoms with Crippen LogP contribution in [0, 0.1) is 0 Å². The van der Waals surface area contributed by atoms with Gasteiger partial charge in [0.1, 0.15) is 0 Å². The predicted molar refractivity (Wildman–Crippen MR) is 220 cm³/mol. The maximum atomic E-state index is 5.84. The van der Waals surface area contributed by atoms with Crippen molar-refractivity contribution in [2.45, 2.75) is 6.54 Å². The Morgan fingerprint density at radius 2 is 0.712 bits per heavy atom. The molecule has 0 aliphatic rings. The molecule has 9 rings (SSSR count). The minimum atomic E-state index is 0.543. The van der Waals surface area contributed by atoms with Gasteiger partial charge < -0.3 is 5.73 Å². The number of nitrogens with two attached hydrogens (primary N) is 1. The summed E-state index contributed by atoms with van der Waals surface area (Å²) in [5, 5.41) is 3.46. The highest BCUT2D eigenvalue weighted by Crippen LogP contribution is 2.41. The fourth-order valence-corrected chi connectivity index (χ4v) is 7.29. The highest BCUT2D eigenvalue weighted by molar-refractivity contribution is 6.16. The number of rotatable bonds is 7. The third-order valence-electron chi connectivity index (χ3n) is 10.1. The second-order valence-electron chi connectivity index (χ2n) is 13.3. The highest BCUT2D eigenvalue weighted by Gasteiger charge is 2.16. The maximum Gasteiger partial charge on any atom is 0.0794 e. The molecule has 0 radical (unpaired) electrons. The molecule has 0 spiro atoms. The molecule has 0 fully saturated rings. The van der Waals surface area contributed by atoms with Crippen molar-refractivity contribution in [3.63, 3.8) is 0 Å². The maximum absolute atomic E-state index is 5.84. The van der Waals surface area contributed by atoms with Gasteiger partial charge in [0.2, 0.25) is 0 Å². The average Bonchev–Trinajstić information content (AvgIpc) is 3.24. The fraction of sp³-hybridized carbons (Fsp3) is 0.0200. The van der Waals surface area contributed by atoms with Gasteiger partial charge in [0.25, 0.3) is 0 Å². The normalized spacial score (nSPS) is 11.2. The van der Waals surface area contributed by atoms with Crippen LogP contribution in [-0.2, 0) is 6.54 Å². The number of benzene rings is 8. The molecule has 2 nitrogen and oxygen atoms in total. The van der Waals surface area contributed by atoms with Crippen molar-refractivity contribution in [3.05, 3.63) is 200 Å². The van der Waals surface area contributed by atoms with Gasteiger partial charge in [-0.05, 0) is 78.7 Å². The van der Waals surface area contributed by atoms with Crippen molar-refractivity contribution in [1.29, 1.82) is 0 Å². The van der Waals surface area contributed by atoms with Crippen molar-refractivity contribution in [2.24, 2.45) is 5.73 Å². The molecule has 246 valence electrons. The highest BCUT2D eigenvalue weighted by atomic mass is 14.7. The molecule has 0 saturated carbocycles. The zero-order chi connectivity index (χ0) is 34.9. The quantitative estimate of drug-likeness (QED) is 0.172. The smallest absolute Gasteiger partial charge is 0.0794 e. The first-order valence-electron chi connectivity index (χ1n) is 17.8. The number of aromatic nitrogens is 1. The first-order chi connectivity index (χ1) is 25.7. The Balaban J connectivity index is 1.21. The van der Waals surface area contributed by atoms with E-state index in [1.165, 1.54) is 49.9 Å². The van der Waals surface area contributed by atoms with Crippen molar-refractivity contribution in [1.82, 2.24) is 4.98 Å². The molecule has 1 aromatic heterocycles. The van der Waals surface area contributed by atoms with Crippen LogP contribution in [0.25, 0.3) is 88.6 Å². The van der Waals surface area contributed by atoms with Crippen LogP contribution in [0.5, 0.6) is 0 Å². The molecule has 1 heterocycles. The van der Waals surface area contributed by atoms with Crippen LogP contribution in [-0.4, -0.2) is 4.98 Å². The van der Waals surface area contributed by atoms with E-state index < -0.39 is 0 Å². The van der Waals surface area contributed by atoms with Gasteiger partial charge in [0.05, 0.1) is 11.2 Å². The minimum Gasteiger partial charge on any atom is -0.326 e. The number of hydrogen-bond acceptors (Lipinski definition) is 2. The van der Waals surface area contributed by atoms with Crippen LogP contribution < -0.4 is 5.73 Å². The van der Waals surface area contributed by atoms with E-state index in [-0.39, 0.29) is 0 Å². The molecule has 2 N–H and O–H groups in total. The van der Waals surface area contributed by atoms with Crippen molar-refractivity contribution in [3.8, 4) is 66.9 Å². The largest absolute Gasteiger partial charge is 0.326 e. The lowest BCUT2D eigenvalue weighted by molar-refractivity contribution is 1.07. The van der Waals surface area contributed by atoms with E-state index in [4.69, 9.17) is 10.7 Å². The fourth-order valence-electron chi connectivity index (χ4n) is 7.29. The van der Waals surface area contributed by atoms with Crippen molar-refractivity contribution in [2.75, 3.05) is 0 Å². The lowest BCUT2D eigenvalue weighted by Crippen LogP contribution is -1.95. The molecule has 8 aromatic carbocycles. The molecule has 0 amide bonds. The van der Waals surface area contributed by atoms with Gasteiger partial charge in [-0.3, -0.25) is 0 Å². The zero-order valence-corrected chi connectivity index (χ0v) is 28.7. The summed E-state index contributed by atoms with van der Waals surface area (Å²) in [6, 6.07) is 69.5. The van der Waals surface area contributed by atoms with Crippen molar-refractivity contribution < 1.29 is 0 Å². The monoisotopic (exact) mass is 664 g/mol. The van der Waals surface area contributed by atoms with Gasteiger partial charge in [-0.15, -0.1) is 0 Å². The van der Waals surface area contributed by atoms with E-state index in [2.05, 4.69) is 194 Å². The summed E-state index contributed by atoms with van der Waals surface area (Å²) in [5.41, 5.74) is 21.9. The Bertz CT molecular complexity index is 2640. The average molecular weight is 665 g/mol. The van der Waals surface area contributed by atoms with E-state index in [0.29, 0.717) is 6.54 Å². The summed E-state index contributed by atoms with van der Waals surface area (Å²) >= 11 is 0. The van der Waals surface area contributed by atoms with E-state index in [0.717, 1.165) is 44.2 Å². The SMILES string of the molecule is NCc1ccc(-c2ccc(-c3cc(-c4ccc(-c5ccccc5)cc4)c4cc(-c5ccc(-c6ccccc6)cc5)c5ccccc5c4n3)cc2)cc1. The number of fused-ring (bicyclic) bond motifs is 3. The van der Waals surface area contributed by atoms with Crippen LogP contribution in [0.1, 0.15) is 5.56 Å². The molecular weight excluding hydrogens is 629 g/mol. The van der Waals surface area contributed by atoms with Crippen LogP contribution in [0.3, 0.4) is 0 Å². The molecule has 0 unspecified atom stereocenters. The van der Waals surface area contributed by atoms with Gasteiger partial charge in [-0.2, -0.15) is 0 Å². The molecular formula is C50H36N2. The Morgan fingerprint density at radius 1 is 0.327 bits per heavy atom. The van der Waals surface area contributed by atoms with E-state index in [1.807, 2.05) is 0 Å². The summed E-state index contributed by atoms with van der Waals surface area (Å²) in [7, 11) is 0. The third kappa shape index (κ3) is 5.96. The molecule has 0 saturated heterocycles. The Kier molecular flexibility index (Phi) is 8.21. The van der Waals surface area contributed by atoms with Gasteiger partial charge >= 0.3 is 0 Å². The summed E-state index contributed by atoms with van der Waals surface area (Å²) in [5.74, 6) is 0. The molecule has 2 heteroatoms. The predicted octanol–water partition coefficient (Wildman–Crippen LogP) is 12.8. The molecule has 0 aliphatic carbocycles.